The summed E-state index contributed by atoms with van der Waals surface area (Å²) >= 11 is 7.67. The molecule has 0 unspecified atom stereocenters. The number of hydrogen-bond acceptors (Lipinski definition) is 4. The zero-order chi connectivity index (χ0) is 17.8. The second-order valence-corrected chi connectivity index (χ2v) is 7.07. The summed E-state index contributed by atoms with van der Waals surface area (Å²) in [4.78, 5) is 16.5. The van der Waals surface area contributed by atoms with Crippen LogP contribution in [-0.4, -0.2) is 17.5 Å². The molecule has 0 aliphatic heterocycles. The largest absolute Gasteiger partial charge is 0.482 e. The Bertz CT molecular complexity index is 891. The van der Waals surface area contributed by atoms with Gasteiger partial charge in [-0.15, -0.1) is 11.3 Å². The van der Waals surface area contributed by atoms with E-state index in [9.17, 15) is 4.79 Å². The molecule has 3 rings (SSSR count). The lowest BCUT2D eigenvalue weighted by Gasteiger charge is -2.09. The predicted octanol–water partition coefficient (Wildman–Crippen LogP) is 5.10. The molecule has 0 radical (unpaired) electrons. The lowest BCUT2D eigenvalue weighted by atomic mass is 10.1. The molecule has 0 saturated heterocycles. The summed E-state index contributed by atoms with van der Waals surface area (Å²) in [5, 5.41) is 6.34. The number of nitrogens with zero attached hydrogens (tertiary/aromatic N) is 1. The molecule has 0 spiro atoms. The molecule has 6 heteroatoms. The Morgan fingerprint density at radius 2 is 1.96 bits per heavy atom. The fourth-order valence-corrected chi connectivity index (χ4v) is 3.08. The number of halogens is 1. The van der Waals surface area contributed by atoms with Gasteiger partial charge in [-0.3, -0.25) is 4.79 Å². The molecule has 1 aromatic heterocycles. The minimum absolute atomic E-state index is 0.101. The summed E-state index contributed by atoms with van der Waals surface area (Å²) in [5.74, 6) is 0.265. The lowest BCUT2D eigenvalue weighted by molar-refractivity contribution is -0.118. The molecule has 3 aromatic rings. The normalized spacial score (nSPS) is 10.5. The van der Waals surface area contributed by atoms with Gasteiger partial charge in [0.25, 0.3) is 5.91 Å². The average molecular weight is 373 g/mol. The van der Waals surface area contributed by atoms with Crippen molar-refractivity contribution in [3.63, 3.8) is 0 Å². The highest BCUT2D eigenvalue weighted by molar-refractivity contribution is 7.09. The molecule has 0 aliphatic rings. The van der Waals surface area contributed by atoms with Gasteiger partial charge in [-0.05, 0) is 43.7 Å². The number of benzene rings is 2. The molecular formula is C19H17ClN2O2S. The van der Waals surface area contributed by atoms with E-state index in [0.29, 0.717) is 16.5 Å². The van der Waals surface area contributed by atoms with Crippen molar-refractivity contribution in [2.75, 3.05) is 11.9 Å². The van der Waals surface area contributed by atoms with Crippen LogP contribution in [0.1, 0.15) is 10.6 Å². The van der Waals surface area contributed by atoms with Crippen molar-refractivity contribution >= 4 is 34.5 Å². The van der Waals surface area contributed by atoms with Crippen LogP contribution in [0.4, 0.5) is 5.69 Å². The fraction of sp³-hybridized carbons (Fsp3) is 0.158. The van der Waals surface area contributed by atoms with Crippen molar-refractivity contribution in [3.05, 3.63) is 63.4 Å². The van der Waals surface area contributed by atoms with Crippen LogP contribution in [0.25, 0.3) is 11.3 Å². The SMILES string of the molecule is Cc1ccc(Cl)c(OCC(=O)Nc2ccc(-c3csc(C)n3)cc2)c1. The first-order chi connectivity index (χ1) is 12.0. The maximum absolute atomic E-state index is 12.1. The van der Waals surface area contributed by atoms with Crippen LogP contribution >= 0.6 is 22.9 Å². The van der Waals surface area contributed by atoms with Crippen LogP contribution in [-0.2, 0) is 4.79 Å². The van der Waals surface area contributed by atoms with Gasteiger partial charge in [0.05, 0.1) is 15.7 Å². The van der Waals surface area contributed by atoms with E-state index in [-0.39, 0.29) is 12.5 Å². The first-order valence-electron chi connectivity index (χ1n) is 7.72. The highest BCUT2D eigenvalue weighted by atomic mass is 35.5. The number of aryl methyl sites for hydroxylation is 2. The van der Waals surface area contributed by atoms with Gasteiger partial charge in [0, 0.05) is 16.6 Å². The second-order valence-electron chi connectivity index (χ2n) is 5.60. The second kappa shape index (κ2) is 7.68. The van der Waals surface area contributed by atoms with E-state index in [2.05, 4.69) is 10.3 Å². The molecule has 0 saturated carbocycles. The molecule has 2 aromatic carbocycles. The number of nitrogens with one attached hydrogen (secondary N) is 1. The Morgan fingerprint density at radius 1 is 1.20 bits per heavy atom. The lowest BCUT2D eigenvalue weighted by Crippen LogP contribution is -2.20. The fourth-order valence-electron chi connectivity index (χ4n) is 2.28. The predicted molar refractivity (Wildman–Crippen MR) is 103 cm³/mol. The van der Waals surface area contributed by atoms with Crippen molar-refractivity contribution in [2.24, 2.45) is 0 Å². The Kier molecular flexibility index (Phi) is 5.36. The van der Waals surface area contributed by atoms with E-state index >= 15 is 0 Å². The molecule has 1 heterocycles. The van der Waals surface area contributed by atoms with Crippen LogP contribution < -0.4 is 10.1 Å². The first kappa shape index (κ1) is 17.5. The minimum Gasteiger partial charge on any atom is -0.482 e. The highest BCUT2D eigenvalue weighted by Crippen LogP contribution is 2.25. The number of anilines is 1. The average Bonchev–Trinajstić information content (AvgIpc) is 3.03. The number of ether oxygens (including phenoxy) is 1. The highest BCUT2D eigenvalue weighted by Gasteiger charge is 2.08. The molecule has 4 nitrogen and oxygen atoms in total. The summed E-state index contributed by atoms with van der Waals surface area (Å²) in [6.07, 6.45) is 0. The third kappa shape index (κ3) is 4.59. The van der Waals surface area contributed by atoms with Gasteiger partial charge in [-0.2, -0.15) is 0 Å². The number of rotatable bonds is 5. The topological polar surface area (TPSA) is 51.2 Å². The van der Waals surface area contributed by atoms with E-state index in [4.69, 9.17) is 16.3 Å². The number of carbonyl (C=O) groups excluding carboxylic acids is 1. The summed E-state index contributed by atoms with van der Waals surface area (Å²) < 4.78 is 5.49. The summed E-state index contributed by atoms with van der Waals surface area (Å²) in [5.41, 5.74) is 3.69. The molecule has 25 heavy (non-hydrogen) atoms. The zero-order valence-electron chi connectivity index (χ0n) is 13.9. The number of carbonyl (C=O) groups is 1. The first-order valence-corrected chi connectivity index (χ1v) is 8.98. The van der Waals surface area contributed by atoms with Gasteiger partial charge in [-0.1, -0.05) is 29.8 Å². The third-order valence-corrected chi connectivity index (χ3v) is 4.61. The van der Waals surface area contributed by atoms with Gasteiger partial charge in [0.1, 0.15) is 5.75 Å². The Morgan fingerprint density at radius 3 is 2.64 bits per heavy atom. The van der Waals surface area contributed by atoms with Crippen molar-refractivity contribution in [2.45, 2.75) is 13.8 Å². The summed E-state index contributed by atoms with van der Waals surface area (Å²) in [6, 6.07) is 13.0. The van der Waals surface area contributed by atoms with Crippen molar-refractivity contribution < 1.29 is 9.53 Å². The van der Waals surface area contributed by atoms with Gasteiger partial charge in [0.2, 0.25) is 0 Å². The Labute approximate surface area is 155 Å². The summed E-state index contributed by atoms with van der Waals surface area (Å²) in [7, 11) is 0. The van der Waals surface area contributed by atoms with E-state index in [1.54, 1.807) is 23.5 Å². The molecule has 0 atom stereocenters. The van der Waals surface area contributed by atoms with Gasteiger partial charge >= 0.3 is 0 Å². The van der Waals surface area contributed by atoms with Gasteiger partial charge in [-0.25, -0.2) is 4.98 Å². The van der Waals surface area contributed by atoms with E-state index < -0.39 is 0 Å². The Balaban J connectivity index is 1.58. The number of hydrogen-bond donors (Lipinski definition) is 1. The van der Waals surface area contributed by atoms with E-state index in [1.807, 2.05) is 49.6 Å². The molecule has 0 bridgehead atoms. The van der Waals surface area contributed by atoms with Crippen LogP contribution in [0.5, 0.6) is 5.75 Å². The number of amides is 1. The van der Waals surface area contributed by atoms with Gasteiger partial charge in [0.15, 0.2) is 6.61 Å². The third-order valence-electron chi connectivity index (χ3n) is 3.53. The van der Waals surface area contributed by atoms with Crippen LogP contribution in [0, 0.1) is 13.8 Å². The monoisotopic (exact) mass is 372 g/mol. The Hall–Kier alpha value is -2.37. The molecule has 0 fully saturated rings. The molecule has 0 aliphatic carbocycles. The summed E-state index contributed by atoms with van der Waals surface area (Å²) in [6.45, 7) is 3.81. The molecular weight excluding hydrogens is 356 g/mol. The van der Waals surface area contributed by atoms with Crippen LogP contribution in [0.2, 0.25) is 5.02 Å². The van der Waals surface area contributed by atoms with Crippen molar-refractivity contribution in [1.82, 2.24) is 4.98 Å². The minimum atomic E-state index is -0.241. The number of thiazole rings is 1. The van der Waals surface area contributed by atoms with E-state index in [0.717, 1.165) is 21.8 Å². The van der Waals surface area contributed by atoms with Crippen LogP contribution in [0.3, 0.4) is 0 Å². The van der Waals surface area contributed by atoms with Gasteiger partial charge < -0.3 is 10.1 Å². The quantitative estimate of drug-likeness (QED) is 0.678. The standard InChI is InChI=1S/C19H17ClN2O2S/c1-12-3-8-16(20)18(9-12)24-10-19(23)22-15-6-4-14(5-7-15)17-11-25-13(2)21-17/h3-9,11H,10H2,1-2H3,(H,22,23). The van der Waals surface area contributed by atoms with Crippen molar-refractivity contribution in [1.29, 1.82) is 0 Å². The number of aromatic nitrogens is 1. The zero-order valence-corrected chi connectivity index (χ0v) is 15.4. The molecule has 128 valence electrons. The molecule has 1 N–H and O–H groups in total. The molecule has 1 amide bonds. The maximum atomic E-state index is 12.1. The van der Waals surface area contributed by atoms with Crippen molar-refractivity contribution in [3.8, 4) is 17.0 Å². The maximum Gasteiger partial charge on any atom is 0.262 e. The van der Waals surface area contributed by atoms with E-state index in [1.165, 1.54) is 0 Å². The van der Waals surface area contributed by atoms with Crippen LogP contribution in [0.15, 0.2) is 47.8 Å². The smallest absolute Gasteiger partial charge is 0.262 e.